The van der Waals surface area contributed by atoms with Crippen LogP contribution >= 0.6 is 0 Å². The van der Waals surface area contributed by atoms with Gasteiger partial charge >= 0.3 is 0 Å². The molecular formula is C19H32. The molecule has 0 spiro atoms. The van der Waals surface area contributed by atoms with E-state index in [1.165, 1.54) is 70.6 Å². The van der Waals surface area contributed by atoms with Crippen molar-refractivity contribution in [1.29, 1.82) is 0 Å². The minimum atomic E-state index is 0.449. The second kappa shape index (κ2) is 7.31. The summed E-state index contributed by atoms with van der Waals surface area (Å²) in [4.78, 5) is 0. The van der Waals surface area contributed by atoms with Crippen molar-refractivity contribution in [3.63, 3.8) is 0 Å². The van der Waals surface area contributed by atoms with Crippen LogP contribution in [-0.2, 0) is 0 Å². The summed E-state index contributed by atoms with van der Waals surface area (Å²) in [6, 6.07) is 0. The lowest BCUT2D eigenvalue weighted by Gasteiger charge is -2.37. The van der Waals surface area contributed by atoms with Gasteiger partial charge in [-0.2, -0.15) is 0 Å². The topological polar surface area (TPSA) is 0 Å². The Morgan fingerprint density at radius 2 is 2.05 bits per heavy atom. The average molecular weight is 260 g/mol. The number of allylic oxidation sites excluding steroid dienone is 4. The van der Waals surface area contributed by atoms with Gasteiger partial charge < -0.3 is 0 Å². The van der Waals surface area contributed by atoms with Crippen molar-refractivity contribution in [2.24, 2.45) is 11.3 Å². The van der Waals surface area contributed by atoms with E-state index in [4.69, 9.17) is 0 Å². The average Bonchev–Trinajstić information content (AvgIpc) is 2.93. The molecule has 0 aromatic heterocycles. The van der Waals surface area contributed by atoms with E-state index in [1.807, 2.05) is 5.57 Å². The minimum absolute atomic E-state index is 0.449. The van der Waals surface area contributed by atoms with Gasteiger partial charge in [0.2, 0.25) is 0 Å². The van der Waals surface area contributed by atoms with Gasteiger partial charge in [-0.05, 0) is 50.9 Å². The molecular weight excluding hydrogens is 228 g/mol. The molecule has 0 saturated carbocycles. The largest absolute Gasteiger partial charge is 0.0877 e. The molecule has 0 aliphatic heterocycles. The van der Waals surface area contributed by atoms with Crippen LogP contribution in [0.4, 0.5) is 0 Å². The van der Waals surface area contributed by atoms with E-state index in [9.17, 15) is 0 Å². The van der Waals surface area contributed by atoms with Crippen molar-refractivity contribution >= 4 is 0 Å². The molecule has 0 N–H and O–H groups in total. The summed E-state index contributed by atoms with van der Waals surface area (Å²) in [5.74, 6) is 0.902. The maximum Gasteiger partial charge on any atom is 0.00910 e. The monoisotopic (exact) mass is 260 g/mol. The molecule has 2 rings (SSSR count). The summed E-state index contributed by atoms with van der Waals surface area (Å²) in [5.41, 5.74) is 2.27. The molecule has 0 heteroatoms. The molecule has 0 fully saturated rings. The van der Waals surface area contributed by atoms with E-state index in [0.717, 1.165) is 5.92 Å². The lowest BCUT2D eigenvalue weighted by atomic mass is 9.67. The molecule has 2 aliphatic rings. The maximum absolute atomic E-state index is 2.60. The molecule has 0 aromatic rings. The number of hydrogen-bond acceptors (Lipinski definition) is 0. The Kier molecular flexibility index (Phi) is 5.73. The third-order valence-corrected chi connectivity index (χ3v) is 5.36. The fourth-order valence-electron chi connectivity index (χ4n) is 4.16. The van der Waals surface area contributed by atoms with Crippen LogP contribution < -0.4 is 0 Å². The Labute approximate surface area is 120 Å². The highest BCUT2D eigenvalue weighted by Crippen LogP contribution is 2.49. The van der Waals surface area contributed by atoms with Gasteiger partial charge in [0.25, 0.3) is 0 Å². The van der Waals surface area contributed by atoms with Crippen molar-refractivity contribution in [3.8, 4) is 0 Å². The molecule has 2 atom stereocenters. The predicted octanol–water partition coefficient (Wildman–Crippen LogP) is 6.43. The molecule has 2 aliphatic carbocycles. The van der Waals surface area contributed by atoms with Gasteiger partial charge in [0.1, 0.15) is 0 Å². The summed E-state index contributed by atoms with van der Waals surface area (Å²) in [6.45, 7) is 4.70. The van der Waals surface area contributed by atoms with E-state index in [-0.39, 0.29) is 0 Å². The van der Waals surface area contributed by atoms with Gasteiger partial charge in [-0.3, -0.25) is 0 Å². The highest BCUT2D eigenvalue weighted by molar-refractivity contribution is 5.29. The highest BCUT2D eigenvalue weighted by atomic mass is 14.4. The SMILES string of the molecule is CCCCCCC1CCC=C1C1(CC)C=CCCC1. The number of rotatable bonds is 7. The third-order valence-electron chi connectivity index (χ3n) is 5.36. The van der Waals surface area contributed by atoms with Crippen LogP contribution in [0.25, 0.3) is 0 Å². The minimum Gasteiger partial charge on any atom is -0.0877 e. The van der Waals surface area contributed by atoms with E-state index in [1.54, 1.807) is 0 Å². The number of hydrogen-bond donors (Lipinski definition) is 0. The van der Waals surface area contributed by atoms with Crippen LogP contribution in [0.1, 0.15) is 84.5 Å². The number of unbranched alkanes of at least 4 members (excludes halogenated alkanes) is 3. The standard InChI is InChI=1S/C19H32/c1-3-5-6-8-12-17-13-11-14-18(17)19(4-2)15-9-7-10-16-19/h9,14-15,17H,3-8,10-13,16H2,1-2H3. The molecule has 19 heavy (non-hydrogen) atoms. The Balaban J connectivity index is 1.97. The molecule has 108 valence electrons. The Morgan fingerprint density at radius 1 is 1.16 bits per heavy atom. The first kappa shape index (κ1) is 14.9. The smallest absolute Gasteiger partial charge is 0.00910 e. The van der Waals surface area contributed by atoms with Crippen LogP contribution in [0.3, 0.4) is 0 Å². The molecule has 0 bridgehead atoms. The molecule has 0 aromatic carbocycles. The van der Waals surface area contributed by atoms with Crippen molar-refractivity contribution in [2.45, 2.75) is 84.5 Å². The van der Waals surface area contributed by atoms with Gasteiger partial charge in [0.05, 0.1) is 0 Å². The summed E-state index contributed by atoms with van der Waals surface area (Å²) in [6.07, 6.45) is 22.9. The first-order valence-electron chi connectivity index (χ1n) is 8.70. The Morgan fingerprint density at radius 3 is 2.74 bits per heavy atom. The van der Waals surface area contributed by atoms with Crippen LogP contribution in [0, 0.1) is 11.3 Å². The van der Waals surface area contributed by atoms with E-state index in [0.29, 0.717) is 5.41 Å². The first-order chi connectivity index (χ1) is 9.32. The molecule has 0 amide bonds. The zero-order valence-electron chi connectivity index (χ0n) is 13.1. The quantitative estimate of drug-likeness (QED) is 0.365. The lowest BCUT2D eigenvalue weighted by Crippen LogP contribution is -2.25. The second-order valence-corrected chi connectivity index (χ2v) is 6.59. The zero-order valence-corrected chi connectivity index (χ0v) is 13.1. The second-order valence-electron chi connectivity index (χ2n) is 6.59. The third kappa shape index (κ3) is 3.52. The van der Waals surface area contributed by atoms with Gasteiger partial charge in [-0.25, -0.2) is 0 Å². The van der Waals surface area contributed by atoms with Crippen molar-refractivity contribution in [3.05, 3.63) is 23.8 Å². The lowest BCUT2D eigenvalue weighted by molar-refractivity contribution is 0.332. The van der Waals surface area contributed by atoms with Gasteiger partial charge in [-0.15, -0.1) is 0 Å². The molecule has 0 radical (unpaired) electrons. The predicted molar refractivity (Wildman–Crippen MR) is 85.3 cm³/mol. The van der Waals surface area contributed by atoms with Crippen LogP contribution in [0.2, 0.25) is 0 Å². The summed E-state index contributed by atoms with van der Waals surface area (Å²) in [5, 5.41) is 0. The van der Waals surface area contributed by atoms with Gasteiger partial charge in [0.15, 0.2) is 0 Å². The first-order valence-corrected chi connectivity index (χ1v) is 8.70. The summed E-state index contributed by atoms with van der Waals surface area (Å²) >= 11 is 0. The fourth-order valence-corrected chi connectivity index (χ4v) is 4.16. The van der Waals surface area contributed by atoms with Crippen molar-refractivity contribution in [1.82, 2.24) is 0 Å². The highest BCUT2D eigenvalue weighted by Gasteiger charge is 2.36. The molecule has 0 heterocycles. The van der Waals surface area contributed by atoms with Crippen LogP contribution in [-0.4, -0.2) is 0 Å². The van der Waals surface area contributed by atoms with E-state index < -0.39 is 0 Å². The molecule has 0 nitrogen and oxygen atoms in total. The normalized spacial score (nSPS) is 30.6. The van der Waals surface area contributed by atoms with Crippen molar-refractivity contribution < 1.29 is 0 Å². The summed E-state index contributed by atoms with van der Waals surface area (Å²) < 4.78 is 0. The molecule has 2 unspecified atom stereocenters. The maximum atomic E-state index is 2.60. The summed E-state index contributed by atoms with van der Waals surface area (Å²) in [7, 11) is 0. The van der Waals surface area contributed by atoms with Crippen molar-refractivity contribution in [2.75, 3.05) is 0 Å². The van der Waals surface area contributed by atoms with Crippen LogP contribution in [0.5, 0.6) is 0 Å². The van der Waals surface area contributed by atoms with Crippen LogP contribution in [0.15, 0.2) is 23.8 Å². The fraction of sp³-hybridized carbons (Fsp3) is 0.789. The van der Waals surface area contributed by atoms with Gasteiger partial charge in [-0.1, -0.05) is 63.3 Å². The Bertz CT molecular complexity index is 323. The Hall–Kier alpha value is -0.520. The van der Waals surface area contributed by atoms with E-state index >= 15 is 0 Å². The molecule has 0 saturated heterocycles. The van der Waals surface area contributed by atoms with Gasteiger partial charge in [0, 0.05) is 5.41 Å². The van der Waals surface area contributed by atoms with E-state index in [2.05, 4.69) is 32.1 Å². The zero-order chi connectivity index (χ0) is 13.6.